The third-order valence-corrected chi connectivity index (χ3v) is 5.61. The van der Waals surface area contributed by atoms with Crippen LogP contribution in [0.15, 0.2) is 29.2 Å². The summed E-state index contributed by atoms with van der Waals surface area (Å²) in [5.41, 5.74) is 0.946. The molecule has 1 heterocycles. The summed E-state index contributed by atoms with van der Waals surface area (Å²) in [4.78, 5) is 23.2. The number of amides is 1. The van der Waals surface area contributed by atoms with Crippen LogP contribution < -0.4 is 5.32 Å². The van der Waals surface area contributed by atoms with Gasteiger partial charge in [0.05, 0.1) is 10.9 Å². The largest absolute Gasteiger partial charge is 0.344 e. The molecule has 0 radical (unpaired) electrons. The molecule has 1 aromatic carbocycles. The van der Waals surface area contributed by atoms with Gasteiger partial charge in [-0.25, -0.2) is 8.42 Å². The molecule has 0 aromatic heterocycles. The number of aryl methyl sites for hydroxylation is 1. The number of sulfone groups is 1. The molecule has 0 aliphatic carbocycles. The molecule has 1 atom stereocenters. The van der Waals surface area contributed by atoms with Crippen molar-refractivity contribution in [3.8, 4) is 0 Å². The highest BCUT2D eigenvalue weighted by molar-refractivity contribution is 8.14. The van der Waals surface area contributed by atoms with Gasteiger partial charge in [0.2, 0.25) is 11.0 Å². The first-order chi connectivity index (χ1) is 9.38. The number of rotatable bonds is 4. The molecule has 1 amide bonds. The Labute approximate surface area is 122 Å². The molecule has 20 heavy (non-hydrogen) atoms. The quantitative estimate of drug-likeness (QED) is 0.894. The highest BCUT2D eigenvalue weighted by Gasteiger charge is 2.28. The second-order valence-corrected chi connectivity index (χ2v) is 7.74. The van der Waals surface area contributed by atoms with Gasteiger partial charge >= 0.3 is 0 Å². The summed E-state index contributed by atoms with van der Waals surface area (Å²) in [7, 11) is -3.67. The van der Waals surface area contributed by atoms with E-state index in [1.807, 2.05) is 6.92 Å². The van der Waals surface area contributed by atoms with E-state index in [0.717, 1.165) is 17.3 Å². The Kier molecular flexibility index (Phi) is 4.49. The minimum Gasteiger partial charge on any atom is -0.344 e. The minimum atomic E-state index is -3.67. The van der Waals surface area contributed by atoms with E-state index >= 15 is 0 Å². The Morgan fingerprint density at radius 2 is 2.00 bits per heavy atom. The third-order valence-electron chi connectivity index (χ3n) is 2.97. The van der Waals surface area contributed by atoms with Gasteiger partial charge in [-0.1, -0.05) is 29.5 Å². The van der Waals surface area contributed by atoms with Crippen molar-refractivity contribution in [3.05, 3.63) is 29.8 Å². The zero-order valence-electron chi connectivity index (χ0n) is 11.0. The first kappa shape index (κ1) is 15.1. The molecular formula is C13H15NO4S2. The lowest BCUT2D eigenvalue weighted by Gasteiger charge is -2.10. The van der Waals surface area contributed by atoms with Gasteiger partial charge in [0.15, 0.2) is 9.84 Å². The van der Waals surface area contributed by atoms with Crippen LogP contribution in [-0.4, -0.2) is 37.0 Å². The molecule has 1 unspecified atom stereocenters. The normalized spacial score (nSPS) is 19.1. The van der Waals surface area contributed by atoms with Gasteiger partial charge in [-0.05, 0) is 25.5 Å². The summed E-state index contributed by atoms with van der Waals surface area (Å²) >= 11 is 1.16. The predicted molar refractivity (Wildman–Crippen MR) is 77.2 cm³/mol. The monoisotopic (exact) mass is 313 g/mol. The van der Waals surface area contributed by atoms with E-state index in [1.54, 1.807) is 12.1 Å². The molecule has 1 aliphatic rings. The Balaban J connectivity index is 2.02. The lowest BCUT2D eigenvalue weighted by molar-refractivity contribution is -0.122. The first-order valence-corrected chi connectivity index (χ1v) is 8.78. The van der Waals surface area contributed by atoms with Crippen LogP contribution in [0.2, 0.25) is 0 Å². The third kappa shape index (κ3) is 3.61. The van der Waals surface area contributed by atoms with Crippen LogP contribution in [0, 0.1) is 6.92 Å². The molecule has 0 bridgehead atoms. The van der Waals surface area contributed by atoms with E-state index < -0.39 is 27.5 Å². The second kappa shape index (κ2) is 5.97. The standard InChI is InChI=1S/C13H15NO4S2/c1-9-2-4-10(5-3-9)20(17,18)8-12(15)14-11-6-7-19-13(11)16/h2-5,11H,6-8H2,1H3,(H,14,15). The first-order valence-electron chi connectivity index (χ1n) is 6.14. The fourth-order valence-electron chi connectivity index (χ4n) is 1.86. The number of benzene rings is 1. The predicted octanol–water partition coefficient (Wildman–Crippen LogP) is 0.917. The zero-order valence-corrected chi connectivity index (χ0v) is 12.6. The van der Waals surface area contributed by atoms with Gasteiger partial charge in [0, 0.05) is 5.75 Å². The van der Waals surface area contributed by atoms with Crippen LogP contribution in [-0.2, 0) is 19.4 Å². The highest BCUT2D eigenvalue weighted by atomic mass is 32.2. The number of nitrogens with one attached hydrogen (secondary N) is 1. The number of hydrogen-bond acceptors (Lipinski definition) is 5. The summed E-state index contributed by atoms with van der Waals surface area (Å²) < 4.78 is 24.1. The summed E-state index contributed by atoms with van der Waals surface area (Å²) in [6, 6.07) is 5.77. The Hall–Kier alpha value is -1.34. The Morgan fingerprint density at radius 1 is 1.35 bits per heavy atom. The number of carbonyl (C=O) groups is 2. The molecule has 1 aliphatic heterocycles. The maximum atomic E-state index is 12.1. The van der Waals surface area contributed by atoms with Gasteiger partial charge < -0.3 is 5.32 Å². The van der Waals surface area contributed by atoms with Crippen molar-refractivity contribution in [3.63, 3.8) is 0 Å². The Bertz CT molecular complexity index is 622. The van der Waals surface area contributed by atoms with E-state index in [4.69, 9.17) is 0 Å². The number of thioether (sulfide) groups is 1. The van der Waals surface area contributed by atoms with Crippen LogP contribution in [0.25, 0.3) is 0 Å². The fourth-order valence-corrected chi connectivity index (χ4v) is 3.94. The van der Waals surface area contributed by atoms with Crippen molar-refractivity contribution < 1.29 is 18.0 Å². The molecule has 0 spiro atoms. The van der Waals surface area contributed by atoms with Crippen molar-refractivity contribution >= 4 is 32.6 Å². The summed E-state index contributed by atoms with van der Waals surface area (Å²) in [5, 5.41) is 2.37. The smallest absolute Gasteiger partial charge is 0.236 e. The molecule has 7 heteroatoms. The van der Waals surface area contributed by atoms with Crippen LogP contribution in [0.3, 0.4) is 0 Å². The molecule has 1 saturated heterocycles. The van der Waals surface area contributed by atoms with Gasteiger partial charge in [-0.3, -0.25) is 9.59 Å². The van der Waals surface area contributed by atoms with Gasteiger partial charge in [-0.15, -0.1) is 0 Å². The maximum Gasteiger partial charge on any atom is 0.236 e. The van der Waals surface area contributed by atoms with Crippen LogP contribution in [0.4, 0.5) is 0 Å². The molecule has 108 valence electrons. The molecule has 1 aromatic rings. The molecule has 5 nitrogen and oxygen atoms in total. The molecule has 1 N–H and O–H groups in total. The molecular weight excluding hydrogens is 298 g/mol. The SMILES string of the molecule is Cc1ccc(S(=O)(=O)CC(=O)NC2CCSC2=O)cc1. The summed E-state index contributed by atoms with van der Waals surface area (Å²) in [6.07, 6.45) is 0.555. The summed E-state index contributed by atoms with van der Waals surface area (Å²) in [5.74, 6) is -0.606. The number of carbonyl (C=O) groups excluding carboxylic acids is 2. The van der Waals surface area contributed by atoms with Crippen LogP contribution >= 0.6 is 11.8 Å². The van der Waals surface area contributed by atoms with E-state index in [-0.39, 0.29) is 10.0 Å². The lowest BCUT2D eigenvalue weighted by atomic mass is 10.2. The fraction of sp³-hybridized carbons (Fsp3) is 0.385. The van der Waals surface area contributed by atoms with Gasteiger partial charge in [-0.2, -0.15) is 0 Å². The van der Waals surface area contributed by atoms with Crippen molar-refractivity contribution in [1.29, 1.82) is 0 Å². The van der Waals surface area contributed by atoms with E-state index in [9.17, 15) is 18.0 Å². The van der Waals surface area contributed by atoms with Crippen LogP contribution in [0.5, 0.6) is 0 Å². The topological polar surface area (TPSA) is 80.3 Å². The minimum absolute atomic E-state index is 0.105. The molecule has 0 saturated carbocycles. The van der Waals surface area contributed by atoms with Crippen molar-refractivity contribution in [1.82, 2.24) is 5.32 Å². The van der Waals surface area contributed by atoms with Gasteiger partial charge in [0.25, 0.3) is 0 Å². The van der Waals surface area contributed by atoms with Crippen LogP contribution in [0.1, 0.15) is 12.0 Å². The summed E-state index contributed by atoms with van der Waals surface area (Å²) in [6.45, 7) is 1.85. The number of hydrogen-bond donors (Lipinski definition) is 1. The maximum absolute atomic E-state index is 12.1. The van der Waals surface area contributed by atoms with Crippen molar-refractivity contribution in [2.45, 2.75) is 24.3 Å². The van der Waals surface area contributed by atoms with Crippen molar-refractivity contribution in [2.24, 2.45) is 0 Å². The lowest BCUT2D eigenvalue weighted by Crippen LogP contribution is -2.40. The molecule has 1 fully saturated rings. The average molecular weight is 313 g/mol. The zero-order chi connectivity index (χ0) is 14.8. The second-order valence-electron chi connectivity index (χ2n) is 4.65. The van der Waals surface area contributed by atoms with E-state index in [1.165, 1.54) is 12.1 Å². The van der Waals surface area contributed by atoms with E-state index in [0.29, 0.717) is 12.2 Å². The van der Waals surface area contributed by atoms with E-state index in [2.05, 4.69) is 5.32 Å². The highest BCUT2D eigenvalue weighted by Crippen LogP contribution is 2.19. The van der Waals surface area contributed by atoms with Crippen molar-refractivity contribution in [2.75, 3.05) is 11.5 Å². The van der Waals surface area contributed by atoms with Gasteiger partial charge in [0.1, 0.15) is 5.75 Å². The Morgan fingerprint density at radius 3 is 2.55 bits per heavy atom. The molecule has 2 rings (SSSR count). The average Bonchev–Trinajstić information content (AvgIpc) is 2.74.